The monoisotopic (exact) mass is 322 g/mol. The second kappa shape index (κ2) is 20.5. The van der Waals surface area contributed by atoms with Crippen molar-refractivity contribution in [1.29, 1.82) is 0 Å². The molecule has 132 valence electrons. The number of ether oxygens (including phenoxy) is 6. The molecular weight excluding hydrogens is 292 g/mol. The van der Waals surface area contributed by atoms with Crippen LogP contribution in [0.1, 0.15) is 0 Å². The quantitative estimate of drug-likeness (QED) is 0.270. The summed E-state index contributed by atoms with van der Waals surface area (Å²) < 4.78 is 31.5. The zero-order chi connectivity index (χ0) is 16.1. The molecule has 0 saturated carbocycles. The van der Waals surface area contributed by atoms with Crippen molar-refractivity contribution in [3.8, 4) is 0 Å². The third kappa shape index (κ3) is 19.5. The van der Waals surface area contributed by atoms with E-state index in [9.17, 15) is 0 Å². The largest absolute Gasteiger partial charge is 0.394 e. The lowest BCUT2D eigenvalue weighted by atomic mass is 10.6. The highest BCUT2D eigenvalue weighted by Crippen LogP contribution is 1.84. The first kappa shape index (κ1) is 21.5. The van der Waals surface area contributed by atoms with Crippen LogP contribution in [0.4, 0.5) is 0 Å². The number of aliphatic hydroxyl groups is 1. The molecular formula is C15H30O7. The van der Waals surface area contributed by atoms with Gasteiger partial charge in [-0.25, -0.2) is 0 Å². The van der Waals surface area contributed by atoms with Gasteiger partial charge in [0.2, 0.25) is 0 Å². The molecule has 0 heterocycles. The van der Waals surface area contributed by atoms with Crippen LogP contribution in [-0.4, -0.2) is 91.0 Å². The maximum absolute atomic E-state index is 8.49. The number of rotatable bonds is 19. The van der Waals surface area contributed by atoms with Crippen LogP contribution in [0.5, 0.6) is 0 Å². The van der Waals surface area contributed by atoms with Gasteiger partial charge in [0.25, 0.3) is 0 Å². The Morgan fingerprint density at radius 3 is 1.18 bits per heavy atom. The second-order valence-corrected chi connectivity index (χ2v) is 4.15. The van der Waals surface area contributed by atoms with Gasteiger partial charge < -0.3 is 33.5 Å². The normalized spacial score (nSPS) is 11.0. The first-order valence-electron chi connectivity index (χ1n) is 7.60. The van der Waals surface area contributed by atoms with Crippen LogP contribution < -0.4 is 0 Å². The van der Waals surface area contributed by atoms with Crippen molar-refractivity contribution in [2.75, 3.05) is 85.9 Å². The van der Waals surface area contributed by atoms with E-state index in [2.05, 4.69) is 6.58 Å². The third-order valence-corrected chi connectivity index (χ3v) is 2.33. The van der Waals surface area contributed by atoms with Crippen molar-refractivity contribution in [3.05, 3.63) is 12.7 Å². The smallest absolute Gasteiger partial charge is 0.0704 e. The van der Waals surface area contributed by atoms with Gasteiger partial charge in [0.15, 0.2) is 0 Å². The van der Waals surface area contributed by atoms with Crippen molar-refractivity contribution >= 4 is 0 Å². The van der Waals surface area contributed by atoms with E-state index in [4.69, 9.17) is 33.5 Å². The zero-order valence-corrected chi connectivity index (χ0v) is 13.4. The standard InChI is InChI=1S/C15H30O7/c1-2-4-17-6-8-19-10-12-21-14-15-22-13-11-20-9-7-18-5-3-16/h2,16H,1,3-15H2. The molecule has 0 radical (unpaired) electrons. The minimum atomic E-state index is 0.0389. The van der Waals surface area contributed by atoms with Gasteiger partial charge in [-0.05, 0) is 0 Å². The topological polar surface area (TPSA) is 75.6 Å². The summed E-state index contributed by atoms with van der Waals surface area (Å²) in [6.45, 7) is 9.84. The Labute approximate surface area is 133 Å². The Hall–Kier alpha value is -0.540. The number of aliphatic hydroxyl groups excluding tert-OH is 1. The third-order valence-electron chi connectivity index (χ3n) is 2.33. The minimum absolute atomic E-state index is 0.0389. The lowest BCUT2D eigenvalue weighted by molar-refractivity contribution is -0.0172. The lowest BCUT2D eigenvalue weighted by Crippen LogP contribution is -2.14. The molecule has 0 aliphatic carbocycles. The van der Waals surface area contributed by atoms with E-state index in [0.717, 1.165) is 0 Å². The SMILES string of the molecule is C=CCOCCOCCOCCOCCOCCOCCO. The summed E-state index contributed by atoms with van der Waals surface area (Å²) in [5, 5.41) is 8.49. The van der Waals surface area contributed by atoms with Crippen molar-refractivity contribution in [2.45, 2.75) is 0 Å². The fourth-order valence-electron chi connectivity index (χ4n) is 1.33. The first-order valence-corrected chi connectivity index (χ1v) is 7.60. The number of hydrogen-bond donors (Lipinski definition) is 1. The van der Waals surface area contributed by atoms with E-state index in [1.807, 2.05) is 0 Å². The molecule has 0 aliphatic heterocycles. The highest BCUT2D eigenvalue weighted by molar-refractivity contribution is 4.63. The van der Waals surface area contributed by atoms with Crippen LogP contribution >= 0.6 is 0 Å². The summed E-state index contributed by atoms with van der Waals surface area (Å²) in [5.41, 5.74) is 0. The predicted molar refractivity (Wildman–Crippen MR) is 82.2 cm³/mol. The van der Waals surface area contributed by atoms with Crippen LogP contribution in [-0.2, 0) is 28.4 Å². The fraction of sp³-hybridized carbons (Fsp3) is 0.867. The Morgan fingerprint density at radius 2 is 0.864 bits per heavy atom. The van der Waals surface area contributed by atoms with Gasteiger partial charge >= 0.3 is 0 Å². The van der Waals surface area contributed by atoms with Gasteiger partial charge in [0.05, 0.1) is 85.9 Å². The van der Waals surface area contributed by atoms with E-state index in [0.29, 0.717) is 79.3 Å². The fourth-order valence-corrected chi connectivity index (χ4v) is 1.33. The predicted octanol–water partition coefficient (Wildman–Crippen LogP) is 0.264. The molecule has 0 spiro atoms. The first-order chi connectivity index (χ1) is 10.9. The lowest BCUT2D eigenvalue weighted by Gasteiger charge is -2.07. The van der Waals surface area contributed by atoms with Gasteiger partial charge in [-0.2, -0.15) is 0 Å². The van der Waals surface area contributed by atoms with E-state index < -0.39 is 0 Å². The van der Waals surface area contributed by atoms with E-state index in [-0.39, 0.29) is 6.61 Å². The molecule has 0 aromatic heterocycles. The molecule has 1 N–H and O–H groups in total. The van der Waals surface area contributed by atoms with Gasteiger partial charge in [-0.1, -0.05) is 6.08 Å². The molecule has 0 aromatic rings. The highest BCUT2D eigenvalue weighted by atomic mass is 16.6. The Balaban J connectivity index is 2.92. The van der Waals surface area contributed by atoms with Crippen LogP contribution in [0.25, 0.3) is 0 Å². The van der Waals surface area contributed by atoms with Gasteiger partial charge in [0.1, 0.15) is 0 Å². The molecule has 22 heavy (non-hydrogen) atoms. The summed E-state index contributed by atoms with van der Waals surface area (Å²) in [4.78, 5) is 0. The van der Waals surface area contributed by atoms with E-state index in [1.54, 1.807) is 6.08 Å². The highest BCUT2D eigenvalue weighted by Gasteiger charge is 1.93. The van der Waals surface area contributed by atoms with Gasteiger partial charge in [0, 0.05) is 0 Å². The van der Waals surface area contributed by atoms with Crippen molar-refractivity contribution < 1.29 is 33.5 Å². The molecule has 0 amide bonds. The Kier molecular flexibility index (Phi) is 20.0. The average Bonchev–Trinajstić information content (AvgIpc) is 2.54. The molecule has 0 rings (SSSR count). The van der Waals surface area contributed by atoms with Crippen LogP contribution in [0.15, 0.2) is 12.7 Å². The average molecular weight is 322 g/mol. The maximum Gasteiger partial charge on any atom is 0.0704 e. The van der Waals surface area contributed by atoms with Gasteiger partial charge in [-0.3, -0.25) is 0 Å². The maximum atomic E-state index is 8.49. The molecule has 0 bridgehead atoms. The molecule has 0 aliphatic rings. The zero-order valence-electron chi connectivity index (χ0n) is 13.4. The molecule has 0 fully saturated rings. The van der Waals surface area contributed by atoms with Crippen LogP contribution in [0.2, 0.25) is 0 Å². The molecule has 0 atom stereocenters. The minimum Gasteiger partial charge on any atom is -0.394 e. The second-order valence-electron chi connectivity index (χ2n) is 4.15. The van der Waals surface area contributed by atoms with Crippen LogP contribution in [0, 0.1) is 0 Å². The molecule has 0 unspecified atom stereocenters. The van der Waals surface area contributed by atoms with Gasteiger partial charge in [-0.15, -0.1) is 6.58 Å². The Morgan fingerprint density at radius 1 is 0.545 bits per heavy atom. The summed E-state index contributed by atoms with van der Waals surface area (Å²) in [6.07, 6.45) is 1.71. The molecule has 7 heteroatoms. The van der Waals surface area contributed by atoms with E-state index in [1.165, 1.54) is 0 Å². The number of hydrogen-bond acceptors (Lipinski definition) is 7. The summed E-state index contributed by atoms with van der Waals surface area (Å²) in [6, 6.07) is 0. The van der Waals surface area contributed by atoms with Crippen molar-refractivity contribution in [2.24, 2.45) is 0 Å². The van der Waals surface area contributed by atoms with Crippen LogP contribution in [0.3, 0.4) is 0 Å². The Bertz CT molecular complexity index is 214. The molecule has 0 saturated heterocycles. The van der Waals surface area contributed by atoms with Crippen molar-refractivity contribution in [1.82, 2.24) is 0 Å². The summed E-state index contributed by atoms with van der Waals surface area (Å²) in [5.74, 6) is 0. The van der Waals surface area contributed by atoms with E-state index >= 15 is 0 Å². The summed E-state index contributed by atoms with van der Waals surface area (Å²) >= 11 is 0. The summed E-state index contributed by atoms with van der Waals surface area (Å²) in [7, 11) is 0. The molecule has 0 aromatic carbocycles. The van der Waals surface area contributed by atoms with Crippen molar-refractivity contribution in [3.63, 3.8) is 0 Å². The molecule has 7 nitrogen and oxygen atoms in total.